The molecule has 10 nitrogen and oxygen atoms in total. The number of carbonyl (C=O) groups is 1. The van der Waals surface area contributed by atoms with Gasteiger partial charge in [-0.3, -0.25) is 14.9 Å². The summed E-state index contributed by atoms with van der Waals surface area (Å²) in [4.78, 5) is 23.2. The van der Waals surface area contributed by atoms with Gasteiger partial charge in [-0.05, 0) is 30.7 Å². The molecule has 1 fully saturated rings. The molecular weight excluding hydrogens is 414 g/mol. The first kappa shape index (κ1) is 21.7. The molecule has 0 unspecified atom stereocenters. The summed E-state index contributed by atoms with van der Waals surface area (Å²) in [7, 11) is -2.42. The molecule has 0 radical (unpaired) electrons. The summed E-state index contributed by atoms with van der Waals surface area (Å²) in [6.07, 6.45) is 0. The molecule has 1 aliphatic rings. The highest BCUT2D eigenvalue weighted by Gasteiger charge is 2.28. The van der Waals surface area contributed by atoms with Crippen LogP contribution in [-0.4, -0.2) is 57.0 Å². The number of ether oxygens (including phenoxy) is 2. The number of nitro benzene ring substituents is 1. The standard InChI is InChI=1S/C19H21N3O7S/c1-13-3-4-14(11-18(13)30(26,27)21-7-9-29-10-8-21)19(23)20-16-12-15(22(24)25)5-6-17(16)28-2/h3-6,11-12H,7-10H2,1-2H3,(H,20,23). The third-order valence-corrected chi connectivity index (χ3v) is 6.72. The number of carbonyl (C=O) groups excluding carboxylic acids is 1. The molecule has 2 aromatic carbocycles. The molecule has 0 bridgehead atoms. The summed E-state index contributed by atoms with van der Waals surface area (Å²) >= 11 is 0. The lowest BCUT2D eigenvalue weighted by atomic mass is 10.1. The quantitative estimate of drug-likeness (QED) is 0.544. The monoisotopic (exact) mass is 435 g/mol. The van der Waals surface area contributed by atoms with Crippen LogP contribution in [0.4, 0.5) is 11.4 Å². The molecule has 1 N–H and O–H groups in total. The lowest BCUT2D eigenvalue weighted by Gasteiger charge is -2.26. The second-order valence-corrected chi connectivity index (χ2v) is 8.50. The second-order valence-electron chi connectivity index (χ2n) is 6.59. The molecule has 1 heterocycles. The van der Waals surface area contributed by atoms with Crippen LogP contribution in [-0.2, 0) is 14.8 Å². The van der Waals surface area contributed by atoms with Crippen LogP contribution in [0, 0.1) is 17.0 Å². The van der Waals surface area contributed by atoms with Gasteiger partial charge in [0.05, 0.1) is 35.8 Å². The highest BCUT2D eigenvalue weighted by atomic mass is 32.2. The number of aryl methyl sites for hydroxylation is 1. The number of hydrogen-bond donors (Lipinski definition) is 1. The Labute approximate surface area is 173 Å². The Morgan fingerprint density at radius 2 is 1.90 bits per heavy atom. The third kappa shape index (κ3) is 4.42. The van der Waals surface area contributed by atoms with Gasteiger partial charge in [-0.15, -0.1) is 0 Å². The molecule has 1 aliphatic heterocycles. The zero-order chi connectivity index (χ0) is 21.9. The molecule has 11 heteroatoms. The van der Waals surface area contributed by atoms with Crippen LogP contribution in [0.5, 0.6) is 5.75 Å². The van der Waals surface area contributed by atoms with Crippen LogP contribution in [0.1, 0.15) is 15.9 Å². The van der Waals surface area contributed by atoms with Gasteiger partial charge in [0, 0.05) is 30.8 Å². The van der Waals surface area contributed by atoms with Gasteiger partial charge in [-0.2, -0.15) is 4.31 Å². The zero-order valence-electron chi connectivity index (χ0n) is 16.5. The number of rotatable bonds is 6. The summed E-state index contributed by atoms with van der Waals surface area (Å²) in [5, 5.41) is 13.6. The number of non-ortho nitro benzene ring substituents is 1. The second kappa shape index (κ2) is 8.78. The van der Waals surface area contributed by atoms with E-state index in [9.17, 15) is 23.3 Å². The number of morpholine rings is 1. The lowest BCUT2D eigenvalue weighted by molar-refractivity contribution is -0.384. The van der Waals surface area contributed by atoms with E-state index in [1.54, 1.807) is 13.0 Å². The number of hydrogen-bond acceptors (Lipinski definition) is 7. The lowest BCUT2D eigenvalue weighted by Crippen LogP contribution is -2.40. The first-order chi connectivity index (χ1) is 14.2. The Hall–Kier alpha value is -3.02. The summed E-state index contributed by atoms with van der Waals surface area (Å²) in [6.45, 7) is 2.75. The van der Waals surface area contributed by atoms with E-state index in [0.717, 1.165) is 0 Å². The van der Waals surface area contributed by atoms with Gasteiger partial charge in [0.2, 0.25) is 10.0 Å². The molecule has 160 valence electrons. The molecule has 0 atom stereocenters. The molecule has 0 spiro atoms. The number of benzene rings is 2. The van der Waals surface area contributed by atoms with Crippen molar-refractivity contribution in [2.45, 2.75) is 11.8 Å². The Morgan fingerprint density at radius 1 is 1.20 bits per heavy atom. The van der Waals surface area contributed by atoms with Crippen molar-refractivity contribution in [2.75, 3.05) is 38.7 Å². The van der Waals surface area contributed by atoms with E-state index >= 15 is 0 Å². The number of methoxy groups -OCH3 is 1. The average molecular weight is 435 g/mol. The van der Waals surface area contributed by atoms with E-state index in [1.165, 1.54) is 41.7 Å². The van der Waals surface area contributed by atoms with Crippen molar-refractivity contribution in [3.05, 3.63) is 57.6 Å². The summed E-state index contributed by atoms with van der Waals surface area (Å²) in [5.41, 5.74) is 0.493. The Bertz CT molecular complexity index is 1080. The average Bonchev–Trinajstić information content (AvgIpc) is 2.74. The van der Waals surface area contributed by atoms with Crippen LogP contribution < -0.4 is 10.1 Å². The fourth-order valence-corrected chi connectivity index (χ4v) is 4.71. The minimum absolute atomic E-state index is 0.0306. The zero-order valence-corrected chi connectivity index (χ0v) is 17.3. The van der Waals surface area contributed by atoms with Crippen molar-refractivity contribution in [3.63, 3.8) is 0 Å². The Morgan fingerprint density at radius 3 is 2.53 bits per heavy atom. The first-order valence-electron chi connectivity index (χ1n) is 9.06. The van der Waals surface area contributed by atoms with E-state index in [1.807, 2.05) is 0 Å². The van der Waals surface area contributed by atoms with Crippen LogP contribution in [0.2, 0.25) is 0 Å². The summed E-state index contributed by atoms with van der Waals surface area (Å²) < 4.78 is 37.7. The Balaban J connectivity index is 1.92. The molecule has 0 aromatic heterocycles. The van der Waals surface area contributed by atoms with Gasteiger partial charge < -0.3 is 14.8 Å². The maximum atomic E-state index is 13.0. The number of amides is 1. The maximum Gasteiger partial charge on any atom is 0.271 e. The number of nitro groups is 1. The molecular formula is C19H21N3O7S. The fraction of sp³-hybridized carbons (Fsp3) is 0.316. The summed E-state index contributed by atoms with van der Waals surface area (Å²) in [5.74, 6) is -0.380. The fourth-order valence-electron chi connectivity index (χ4n) is 3.05. The van der Waals surface area contributed by atoms with Crippen molar-refractivity contribution >= 4 is 27.3 Å². The number of nitrogens with zero attached hydrogens (tertiary/aromatic N) is 2. The first-order valence-corrected chi connectivity index (χ1v) is 10.5. The van der Waals surface area contributed by atoms with Crippen LogP contribution in [0.15, 0.2) is 41.3 Å². The third-order valence-electron chi connectivity index (χ3n) is 4.68. The van der Waals surface area contributed by atoms with Gasteiger partial charge in [-0.25, -0.2) is 8.42 Å². The SMILES string of the molecule is COc1ccc([N+](=O)[O-])cc1NC(=O)c1ccc(C)c(S(=O)(=O)N2CCOCC2)c1. The van der Waals surface area contributed by atoms with Gasteiger partial charge in [0.15, 0.2) is 0 Å². The van der Waals surface area contributed by atoms with E-state index in [2.05, 4.69) is 5.32 Å². The van der Waals surface area contributed by atoms with Gasteiger partial charge in [-0.1, -0.05) is 6.07 Å². The normalized spacial score (nSPS) is 14.9. The molecule has 1 amide bonds. The molecule has 30 heavy (non-hydrogen) atoms. The minimum Gasteiger partial charge on any atom is -0.495 e. The van der Waals surface area contributed by atoms with E-state index in [4.69, 9.17) is 9.47 Å². The minimum atomic E-state index is -3.79. The smallest absolute Gasteiger partial charge is 0.271 e. The predicted molar refractivity (Wildman–Crippen MR) is 108 cm³/mol. The van der Waals surface area contributed by atoms with Gasteiger partial charge in [0.1, 0.15) is 5.75 Å². The van der Waals surface area contributed by atoms with Crippen LogP contribution in [0.25, 0.3) is 0 Å². The molecule has 2 aromatic rings. The molecule has 0 aliphatic carbocycles. The van der Waals surface area contributed by atoms with Gasteiger partial charge in [0.25, 0.3) is 11.6 Å². The highest BCUT2D eigenvalue weighted by Crippen LogP contribution is 2.30. The van der Waals surface area contributed by atoms with Crippen LogP contribution >= 0.6 is 0 Å². The van der Waals surface area contributed by atoms with E-state index in [0.29, 0.717) is 18.8 Å². The predicted octanol–water partition coefficient (Wildman–Crippen LogP) is 2.19. The molecule has 0 saturated carbocycles. The van der Waals surface area contributed by atoms with Crippen LogP contribution in [0.3, 0.4) is 0 Å². The van der Waals surface area contributed by atoms with Crippen molar-refractivity contribution in [2.24, 2.45) is 0 Å². The van der Waals surface area contributed by atoms with Crippen molar-refractivity contribution < 1.29 is 27.6 Å². The number of sulfonamides is 1. The Kier molecular flexibility index (Phi) is 6.34. The summed E-state index contributed by atoms with van der Waals surface area (Å²) in [6, 6.07) is 8.15. The molecule has 1 saturated heterocycles. The molecule has 3 rings (SSSR count). The van der Waals surface area contributed by atoms with Crippen molar-refractivity contribution in [3.8, 4) is 5.75 Å². The number of nitrogens with one attached hydrogen (secondary N) is 1. The topological polar surface area (TPSA) is 128 Å². The van der Waals surface area contributed by atoms with Crippen molar-refractivity contribution in [1.29, 1.82) is 0 Å². The van der Waals surface area contributed by atoms with Gasteiger partial charge >= 0.3 is 0 Å². The van der Waals surface area contributed by atoms with E-state index in [-0.39, 0.29) is 40.7 Å². The highest BCUT2D eigenvalue weighted by molar-refractivity contribution is 7.89. The number of anilines is 1. The van der Waals surface area contributed by atoms with Crippen molar-refractivity contribution in [1.82, 2.24) is 4.31 Å². The van der Waals surface area contributed by atoms with E-state index < -0.39 is 20.9 Å². The largest absolute Gasteiger partial charge is 0.495 e. The maximum absolute atomic E-state index is 13.0.